The fourth-order valence-corrected chi connectivity index (χ4v) is 1.25. The molecule has 0 aliphatic heterocycles. The van der Waals surface area contributed by atoms with Crippen LogP contribution in [0.25, 0.3) is 0 Å². The molecule has 0 bridgehead atoms. The Balaban J connectivity index is 2.55. The normalized spacial score (nSPS) is 11.5. The molecule has 0 atom stereocenters. The third kappa shape index (κ3) is 3.82. The highest BCUT2D eigenvalue weighted by Gasteiger charge is 2.10. The summed E-state index contributed by atoms with van der Waals surface area (Å²) >= 11 is 0. The van der Waals surface area contributed by atoms with Crippen LogP contribution in [0.2, 0.25) is 0 Å². The van der Waals surface area contributed by atoms with Gasteiger partial charge in [-0.2, -0.15) is 0 Å². The zero-order valence-electron chi connectivity index (χ0n) is 10.1. The molecule has 0 fully saturated rings. The van der Waals surface area contributed by atoms with Gasteiger partial charge in [0.25, 0.3) is 0 Å². The van der Waals surface area contributed by atoms with E-state index in [0.717, 1.165) is 30.0 Å². The number of hydrogen-bond donors (Lipinski definition) is 1. The van der Waals surface area contributed by atoms with Crippen molar-refractivity contribution in [3.63, 3.8) is 0 Å². The van der Waals surface area contributed by atoms with Gasteiger partial charge in [-0.05, 0) is 30.4 Å². The molecule has 0 aromatic heterocycles. The van der Waals surface area contributed by atoms with E-state index in [9.17, 15) is 0 Å². The molecule has 0 heterocycles. The Morgan fingerprint density at radius 2 is 1.93 bits per heavy atom. The molecule has 0 saturated heterocycles. The standard InChI is InChI=1S/C13H21NO/c1-10-6-5-7-11(12(10)14)15-9-8-13(2,3)4/h5-7H,8-9,14H2,1-4H3. The monoisotopic (exact) mass is 207 g/mol. The topological polar surface area (TPSA) is 35.2 Å². The number of benzene rings is 1. The number of aryl methyl sites for hydroxylation is 1. The Morgan fingerprint density at radius 3 is 2.53 bits per heavy atom. The molecule has 0 aliphatic rings. The maximum atomic E-state index is 5.91. The van der Waals surface area contributed by atoms with E-state index >= 15 is 0 Å². The average molecular weight is 207 g/mol. The van der Waals surface area contributed by atoms with Gasteiger partial charge >= 0.3 is 0 Å². The molecule has 15 heavy (non-hydrogen) atoms. The maximum Gasteiger partial charge on any atom is 0.142 e. The van der Waals surface area contributed by atoms with E-state index in [2.05, 4.69) is 20.8 Å². The molecule has 2 nitrogen and oxygen atoms in total. The van der Waals surface area contributed by atoms with Crippen LogP contribution in [-0.4, -0.2) is 6.61 Å². The van der Waals surface area contributed by atoms with Gasteiger partial charge in [-0.25, -0.2) is 0 Å². The maximum absolute atomic E-state index is 5.91. The molecule has 0 spiro atoms. The second kappa shape index (κ2) is 4.56. The van der Waals surface area contributed by atoms with Crippen LogP contribution in [0.5, 0.6) is 5.75 Å². The Labute approximate surface area is 92.4 Å². The summed E-state index contributed by atoms with van der Waals surface area (Å²) < 4.78 is 5.67. The highest BCUT2D eigenvalue weighted by Crippen LogP contribution is 2.26. The Hall–Kier alpha value is -1.18. The Morgan fingerprint density at radius 1 is 1.27 bits per heavy atom. The van der Waals surface area contributed by atoms with Crippen LogP contribution in [0.4, 0.5) is 5.69 Å². The number of nitrogens with two attached hydrogens (primary N) is 1. The van der Waals surface area contributed by atoms with Gasteiger partial charge in [0, 0.05) is 0 Å². The summed E-state index contributed by atoms with van der Waals surface area (Å²) in [6.45, 7) is 9.32. The van der Waals surface area contributed by atoms with Crippen LogP contribution >= 0.6 is 0 Å². The summed E-state index contributed by atoms with van der Waals surface area (Å²) in [4.78, 5) is 0. The predicted molar refractivity (Wildman–Crippen MR) is 65.2 cm³/mol. The molecule has 1 rings (SSSR count). The minimum Gasteiger partial charge on any atom is -0.491 e. The fraction of sp³-hybridized carbons (Fsp3) is 0.538. The van der Waals surface area contributed by atoms with Crippen molar-refractivity contribution in [2.24, 2.45) is 5.41 Å². The molecule has 1 aromatic carbocycles. The lowest BCUT2D eigenvalue weighted by Gasteiger charge is -2.18. The van der Waals surface area contributed by atoms with E-state index in [1.165, 1.54) is 0 Å². The van der Waals surface area contributed by atoms with Crippen LogP contribution in [0.1, 0.15) is 32.8 Å². The molecule has 0 saturated carbocycles. The van der Waals surface area contributed by atoms with E-state index in [1.54, 1.807) is 0 Å². The molecule has 0 radical (unpaired) electrons. The lowest BCUT2D eigenvalue weighted by atomic mass is 9.93. The van der Waals surface area contributed by atoms with Crippen LogP contribution in [-0.2, 0) is 0 Å². The third-order valence-electron chi connectivity index (χ3n) is 2.39. The molecule has 2 N–H and O–H groups in total. The summed E-state index contributed by atoms with van der Waals surface area (Å²) in [6, 6.07) is 5.88. The van der Waals surface area contributed by atoms with E-state index in [0.29, 0.717) is 5.41 Å². The summed E-state index contributed by atoms with van der Waals surface area (Å²) in [5.74, 6) is 0.805. The first-order valence-corrected chi connectivity index (χ1v) is 5.38. The first-order chi connectivity index (χ1) is 6.90. The van der Waals surface area contributed by atoms with Crippen LogP contribution in [0, 0.1) is 12.3 Å². The minimum atomic E-state index is 0.304. The van der Waals surface area contributed by atoms with Crippen molar-refractivity contribution < 1.29 is 4.74 Å². The van der Waals surface area contributed by atoms with E-state index in [-0.39, 0.29) is 0 Å². The number of ether oxygens (including phenoxy) is 1. The molecular weight excluding hydrogens is 186 g/mol. The SMILES string of the molecule is Cc1cccc(OCCC(C)(C)C)c1N. The smallest absolute Gasteiger partial charge is 0.142 e. The molecule has 1 aromatic rings. The van der Waals surface area contributed by atoms with Crippen molar-refractivity contribution in [3.05, 3.63) is 23.8 Å². The quantitative estimate of drug-likeness (QED) is 0.771. The van der Waals surface area contributed by atoms with Crippen molar-refractivity contribution in [2.75, 3.05) is 12.3 Å². The van der Waals surface area contributed by atoms with Gasteiger partial charge in [0.15, 0.2) is 0 Å². The average Bonchev–Trinajstić information content (AvgIpc) is 2.10. The van der Waals surface area contributed by atoms with Crippen molar-refractivity contribution in [2.45, 2.75) is 34.1 Å². The van der Waals surface area contributed by atoms with Crippen molar-refractivity contribution >= 4 is 5.69 Å². The van der Waals surface area contributed by atoms with Crippen LogP contribution in [0.3, 0.4) is 0 Å². The van der Waals surface area contributed by atoms with Gasteiger partial charge in [-0.15, -0.1) is 0 Å². The van der Waals surface area contributed by atoms with Crippen LogP contribution in [0.15, 0.2) is 18.2 Å². The molecule has 0 amide bonds. The summed E-state index contributed by atoms with van der Waals surface area (Å²) in [5, 5.41) is 0. The number of rotatable bonds is 3. The number of anilines is 1. The van der Waals surface area contributed by atoms with Gasteiger partial charge in [-0.3, -0.25) is 0 Å². The third-order valence-corrected chi connectivity index (χ3v) is 2.39. The van der Waals surface area contributed by atoms with E-state index < -0.39 is 0 Å². The first kappa shape index (κ1) is 11.9. The molecule has 2 heteroatoms. The molecule has 0 unspecified atom stereocenters. The number of hydrogen-bond acceptors (Lipinski definition) is 2. The van der Waals surface area contributed by atoms with E-state index in [1.807, 2.05) is 25.1 Å². The summed E-state index contributed by atoms with van der Waals surface area (Å²) in [7, 11) is 0. The number of para-hydroxylation sites is 1. The molecular formula is C13H21NO. The van der Waals surface area contributed by atoms with Crippen molar-refractivity contribution in [3.8, 4) is 5.75 Å². The molecule has 0 aliphatic carbocycles. The van der Waals surface area contributed by atoms with Crippen molar-refractivity contribution in [1.29, 1.82) is 0 Å². The van der Waals surface area contributed by atoms with Gasteiger partial charge in [0.1, 0.15) is 5.75 Å². The molecule has 84 valence electrons. The summed E-state index contributed by atoms with van der Waals surface area (Å²) in [6.07, 6.45) is 1.03. The number of nitrogen functional groups attached to an aromatic ring is 1. The second-order valence-corrected chi connectivity index (χ2v) is 5.15. The van der Waals surface area contributed by atoms with Gasteiger partial charge in [-0.1, -0.05) is 32.9 Å². The highest BCUT2D eigenvalue weighted by atomic mass is 16.5. The summed E-state index contributed by atoms with van der Waals surface area (Å²) in [5.41, 5.74) is 8.04. The van der Waals surface area contributed by atoms with Crippen molar-refractivity contribution in [1.82, 2.24) is 0 Å². The lowest BCUT2D eigenvalue weighted by Crippen LogP contribution is -2.11. The zero-order valence-corrected chi connectivity index (χ0v) is 10.1. The lowest BCUT2D eigenvalue weighted by molar-refractivity contribution is 0.244. The predicted octanol–water partition coefficient (Wildman–Crippen LogP) is 3.39. The zero-order chi connectivity index (χ0) is 11.5. The first-order valence-electron chi connectivity index (χ1n) is 5.38. The second-order valence-electron chi connectivity index (χ2n) is 5.15. The fourth-order valence-electron chi connectivity index (χ4n) is 1.25. The Kier molecular flexibility index (Phi) is 3.61. The Bertz CT molecular complexity index is 326. The minimum absolute atomic E-state index is 0.304. The van der Waals surface area contributed by atoms with Crippen LogP contribution < -0.4 is 10.5 Å². The largest absolute Gasteiger partial charge is 0.491 e. The van der Waals surface area contributed by atoms with E-state index in [4.69, 9.17) is 10.5 Å². The highest BCUT2D eigenvalue weighted by molar-refractivity contribution is 5.57. The van der Waals surface area contributed by atoms with Gasteiger partial charge in [0.05, 0.1) is 12.3 Å². The van der Waals surface area contributed by atoms with Gasteiger partial charge < -0.3 is 10.5 Å². The van der Waals surface area contributed by atoms with Gasteiger partial charge in [0.2, 0.25) is 0 Å².